The van der Waals surface area contributed by atoms with Crippen LogP contribution in [0.1, 0.15) is 58.9 Å². The van der Waals surface area contributed by atoms with Crippen LogP contribution in [-0.4, -0.2) is 105 Å². The predicted molar refractivity (Wildman–Crippen MR) is 230 cm³/mol. The van der Waals surface area contributed by atoms with Crippen molar-refractivity contribution in [3.05, 3.63) is 140 Å². The molecule has 0 aliphatic carbocycles. The zero-order valence-corrected chi connectivity index (χ0v) is 36.3. The van der Waals surface area contributed by atoms with Crippen LogP contribution in [0.15, 0.2) is 84.1 Å². The fraction of sp³-hybridized carbons (Fsp3) is 0.250. The van der Waals surface area contributed by atoms with E-state index in [1.165, 1.54) is 94.1 Å². The van der Waals surface area contributed by atoms with Crippen LogP contribution >= 0.6 is 0 Å². The fourth-order valence-electron chi connectivity index (χ4n) is 6.96. The van der Waals surface area contributed by atoms with Crippen LogP contribution in [0.2, 0.25) is 0 Å². The Balaban J connectivity index is 1.09. The number of nitriles is 1. The molecule has 68 heavy (non-hydrogen) atoms. The lowest BCUT2D eigenvalue weighted by Gasteiger charge is -2.17. The van der Waals surface area contributed by atoms with Crippen LogP contribution in [0, 0.1) is 17.9 Å². The Bertz CT molecular complexity index is 2680. The molecule has 0 radical (unpaired) electrons. The number of esters is 5. The number of nitrogens with zero attached hydrogens (tertiary/aromatic N) is 2. The standard InChI is InChI=1S/C48H40N2O18/c1-50-35(16-28-15-34(21-52)41(37(18-28)60-3)68-46(56)31-11-9-29(10-12-31)44(54)61-4)48(58)66-39-24-64-42-38(23-63-43(39)42)65-47(57)32(19-49)13-27-14-33(20-51)40(36(17-27)59-2)67-45(55)30-7-5-26(6-8-30)22-62-25-53/h5-18,25,38-39,42-43,51-52H,20-24H2,2-4H3/b32-13+,35-16-/t38-,39+,42+,43+/m0/s1. The van der Waals surface area contributed by atoms with Gasteiger partial charge in [0.1, 0.15) is 30.5 Å². The van der Waals surface area contributed by atoms with Gasteiger partial charge in [-0.3, -0.25) is 9.59 Å². The van der Waals surface area contributed by atoms with E-state index >= 15 is 0 Å². The summed E-state index contributed by atoms with van der Waals surface area (Å²) in [4.78, 5) is 78.2. The molecular weight excluding hydrogens is 893 g/mol. The van der Waals surface area contributed by atoms with E-state index in [0.717, 1.165) is 0 Å². The van der Waals surface area contributed by atoms with Crippen molar-refractivity contribution >= 4 is 48.5 Å². The van der Waals surface area contributed by atoms with Gasteiger partial charge in [0, 0.05) is 11.1 Å². The van der Waals surface area contributed by atoms with Gasteiger partial charge in [-0.25, -0.2) is 24.0 Å². The summed E-state index contributed by atoms with van der Waals surface area (Å²) in [5, 5.41) is 30.3. The predicted octanol–water partition coefficient (Wildman–Crippen LogP) is 4.07. The number of hydrogen-bond donors (Lipinski definition) is 2. The Morgan fingerprint density at radius 1 is 0.721 bits per heavy atom. The van der Waals surface area contributed by atoms with Crippen molar-refractivity contribution in [3.8, 4) is 29.1 Å². The van der Waals surface area contributed by atoms with Crippen LogP contribution in [0.4, 0.5) is 0 Å². The average Bonchev–Trinajstić information content (AvgIpc) is 3.96. The van der Waals surface area contributed by atoms with E-state index < -0.39 is 78.7 Å². The minimum Gasteiger partial charge on any atom is -0.493 e. The van der Waals surface area contributed by atoms with Gasteiger partial charge in [-0.05, 0) is 89.5 Å². The molecule has 0 spiro atoms. The van der Waals surface area contributed by atoms with E-state index in [2.05, 4.69) is 9.58 Å². The highest BCUT2D eigenvalue weighted by Crippen LogP contribution is 2.37. The molecule has 0 aromatic heterocycles. The summed E-state index contributed by atoms with van der Waals surface area (Å²) in [5.41, 5.74) is 0.685. The molecule has 0 unspecified atom stereocenters. The topological polar surface area (TPSA) is 263 Å². The Labute approximate surface area is 387 Å². The normalized spacial score (nSPS) is 17.3. The van der Waals surface area contributed by atoms with Crippen molar-refractivity contribution < 1.29 is 86.3 Å². The molecule has 2 aliphatic rings. The van der Waals surface area contributed by atoms with E-state index in [1.54, 1.807) is 18.2 Å². The molecule has 0 amide bonds. The summed E-state index contributed by atoms with van der Waals surface area (Å²) in [6, 6.07) is 18.8. The van der Waals surface area contributed by atoms with Gasteiger partial charge in [0.25, 0.3) is 12.2 Å². The zero-order chi connectivity index (χ0) is 48.9. The first kappa shape index (κ1) is 49.0. The average molecular weight is 933 g/mol. The molecule has 2 N–H and O–H groups in total. The van der Waals surface area contributed by atoms with Crippen molar-refractivity contribution in [2.45, 2.75) is 44.2 Å². The van der Waals surface area contributed by atoms with Gasteiger partial charge in [0.15, 0.2) is 35.2 Å². The number of aliphatic hydroxyl groups excluding tert-OH is 2. The molecule has 2 heterocycles. The molecule has 2 fully saturated rings. The number of methoxy groups -OCH3 is 3. The molecule has 4 atom stereocenters. The second kappa shape index (κ2) is 22.7. The Morgan fingerprint density at radius 3 is 1.63 bits per heavy atom. The second-order valence-corrected chi connectivity index (χ2v) is 14.5. The fourth-order valence-corrected chi connectivity index (χ4v) is 6.96. The lowest BCUT2D eigenvalue weighted by Crippen LogP contribution is -2.36. The number of aliphatic hydroxyl groups is 2. The molecule has 4 aromatic rings. The van der Waals surface area contributed by atoms with Crippen LogP contribution in [0.3, 0.4) is 0 Å². The zero-order valence-electron chi connectivity index (χ0n) is 36.3. The third kappa shape index (κ3) is 11.3. The molecule has 4 aromatic carbocycles. The van der Waals surface area contributed by atoms with Gasteiger partial charge in [-0.2, -0.15) is 5.26 Å². The number of benzene rings is 4. The highest BCUT2D eigenvalue weighted by Gasteiger charge is 2.51. The van der Waals surface area contributed by atoms with Gasteiger partial charge >= 0.3 is 29.8 Å². The molecule has 2 saturated heterocycles. The van der Waals surface area contributed by atoms with Gasteiger partial charge in [0.2, 0.25) is 0 Å². The quantitative estimate of drug-likeness (QED) is 0.0271. The maximum Gasteiger partial charge on any atom is 0.349 e. The largest absolute Gasteiger partial charge is 0.493 e. The Kier molecular flexibility index (Phi) is 16.4. The SMILES string of the molecule is [C-]#[N+]/C(=C\c1cc(CO)c(OC(=O)c2ccc(C(=O)OC)cc2)c(OC)c1)C(=O)O[C@@H]1CO[C@H]2[C@@H]1OC[C@@H]2OC(=O)/C(C#N)=C/c1cc(CO)c(OC(=O)c2ccc(COC=O)cc2)c(OC)c1. The summed E-state index contributed by atoms with van der Waals surface area (Å²) < 4.78 is 54.1. The number of ether oxygens (including phenoxy) is 10. The van der Waals surface area contributed by atoms with Gasteiger partial charge < -0.3 is 57.6 Å². The smallest absolute Gasteiger partial charge is 0.349 e. The van der Waals surface area contributed by atoms with E-state index in [9.17, 15) is 44.2 Å². The van der Waals surface area contributed by atoms with Crippen molar-refractivity contribution in [2.24, 2.45) is 0 Å². The maximum absolute atomic E-state index is 13.3. The van der Waals surface area contributed by atoms with Crippen LogP contribution < -0.4 is 18.9 Å². The minimum absolute atomic E-state index is 0.00475. The monoisotopic (exact) mass is 932 g/mol. The van der Waals surface area contributed by atoms with E-state index in [0.29, 0.717) is 12.0 Å². The minimum atomic E-state index is -1.06. The van der Waals surface area contributed by atoms with Crippen molar-refractivity contribution in [1.29, 1.82) is 5.26 Å². The number of rotatable bonds is 18. The van der Waals surface area contributed by atoms with Gasteiger partial charge in [-0.1, -0.05) is 12.1 Å². The lowest BCUT2D eigenvalue weighted by molar-refractivity contribution is -0.150. The molecule has 350 valence electrons. The summed E-state index contributed by atoms with van der Waals surface area (Å²) in [6.45, 7) is 6.36. The molecule has 20 heteroatoms. The van der Waals surface area contributed by atoms with Gasteiger partial charge in [0.05, 0.1) is 71.0 Å². The van der Waals surface area contributed by atoms with Crippen molar-refractivity contribution in [1.82, 2.24) is 0 Å². The van der Waals surface area contributed by atoms with E-state index in [1.807, 2.05) is 0 Å². The lowest BCUT2D eigenvalue weighted by atomic mass is 10.1. The van der Waals surface area contributed by atoms with E-state index in [-0.39, 0.29) is 81.8 Å². The van der Waals surface area contributed by atoms with Gasteiger partial charge in [-0.15, -0.1) is 0 Å². The molecule has 20 nitrogen and oxygen atoms in total. The Hall–Kier alpha value is -8.40. The molecule has 0 saturated carbocycles. The van der Waals surface area contributed by atoms with Crippen LogP contribution in [0.25, 0.3) is 17.0 Å². The molecule has 0 bridgehead atoms. The summed E-state index contributed by atoms with van der Waals surface area (Å²) in [6.07, 6.45) is -1.59. The highest BCUT2D eigenvalue weighted by molar-refractivity contribution is 5.99. The number of carbonyl (C=O) groups excluding carboxylic acids is 6. The van der Waals surface area contributed by atoms with Crippen LogP contribution in [-0.2, 0) is 62.6 Å². The summed E-state index contributed by atoms with van der Waals surface area (Å²) in [7, 11) is 3.79. The number of fused-ring (bicyclic) bond motifs is 1. The highest BCUT2D eigenvalue weighted by atomic mass is 16.7. The summed E-state index contributed by atoms with van der Waals surface area (Å²) in [5.74, 6) is -4.59. The third-order valence-electron chi connectivity index (χ3n) is 10.3. The molecule has 2 aliphatic heterocycles. The second-order valence-electron chi connectivity index (χ2n) is 14.5. The third-order valence-corrected chi connectivity index (χ3v) is 10.3. The van der Waals surface area contributed by atoms with Crippen molar-refractivity contribution in [2.75, 3.05) is 34.5 Å². The number of hydrogen-bond acceptors (Lipinski definition) is 19. The molecule has 6 rings (SSSR count). The molecular formula is C48H40N2O18. The first-order valence-electron chi connectivity index (χ1n) is 20.1. The summed E-state index contributed by atoms with van der Waals surface area (Å²) >= 11 is 0. The number of carbonyl (C=O) groups is 6. The van der Waals surface area contributed by atoms with Crippen molar-refractivity contribution in [3.63, 3.8) is 0 Å². The maximum atomic E-state index is 13.3. The Morgan fingerprint density at radius 2 is 1.19 bits per heavy atom. The van der Waals surface area contributed by atoms with E-state index in [4.69, 9.17) is 49.2 Å². The van der Waals surface area contributed by atoms with Crippen LogP contribution in [0.5, 0.6) is 23.0 Å². The first-order chi connectivity index (χ1) is 32.9. The first-order valence-corrected chi connectivity index (χ1v) is 20.1.